The largest absolute Gasteiger partial charge is 0.422 e. The topological polar surface area (TPSA) is 55.5 Å². The van der Waals surface area contributed by atoms with Gasteiger partial charge in [-0.15, -0.1) is 4.36 Å². The van der Waals surface area contributed by atoms with E-state index in [2.05, 4.69) is 25.3 Å². The van der Waals surface area contributed by atoms with E-state index in [-0.39, 0.29) is 6.01 Å². The summed E-state index contributed by atoms with van der Waals surface area (Å²) >= 11 is 3.39. The Kier molecular flexibility index (Phi) is 3.35. The fourth-order valence-electron chi connectivity index (χ4n) is 1.85. The third-order valence-electron chi connectivity index (χ3n) is 2.78. The van der Waals surface area contributed by atoms with Crippen molar-refractivity contribution in [2.45, 2.75) is 4.90 Å². The third kappa shape index (κ3) is 2.48. The summed E-state index contributed by atoms with van der Waals surface area (Å²) in [6.07, 6.45) is 1.57. The highest BCUT2D eigenvalue weighted by Crippen LogP contribution is 2.27. The number of nitrogens with zero attached hydrogens (tertiary/aromatic N) is 2. The smallest absolute Gasteiger partial charge is 0.331 e. The van der Waals surface area contributed by atoms with E-state index in [4.69, 9.17) is 4.42 Å². The number of oxazole rings is 1. The molecule has 1 atom stereocenters. The van der Waals surface area contributed by atoms with Gasteiger partial charge in [0.15, 0.2) is 5.58 Å². The summed E-state index contributed by atoms with van der Waals surface area (Å²) in [6.45, 7) is 0. The first kappa shape index (κ1) is 13.3. The number of aromatic nitrogens is 1. The summed E-state index contributed by atoms with van der Waals surface area (Å²) in [5.74, 6) is 0. The zero-order chi connectivity index (χ0) is 14.2. The van der Waals surface area contributed by atoms with Crippen LogP contribution >= 0.6 is 15.9 Å². The van der Waals surface area contributed by atoms with Crippen LogP contribution in [0.1, 0.15) is 0 Å². The van der Waals surface area contributed by atoms with Gasteiger partial charge in [-0.2, -0.15) is 4.98 Å². The lowest BCUT2D eigenvalue weighted by Gasteiger charge is -2.04. The molecule has 0 spiro atoms. The maximum atomic E-state index is 12.8. The molecule has 2 aromatic carbocycles. The fraction of sp³-hybridized carbons (Fsp3) is 0.0714. The van der Waals surface area contributed by atoms with Crippen molar-refractivity contribution in [1.29, 1.82) is 0 Å². The Morgan fingerprint density at radius 3 is 2.60 bits per heavy atom. The van der Waals surface area contributed by atoms with Crippen molar-refractivity contribution in [3.63, 3.8) is 0 Å². The first-order valence-corrected chi connectivity index (χ1v) is 8.60. The average molecular weight is 351 g/mol. The van der Waals surface area contributed by atoms with Crippen LogP contribution in [0.3, 0.4) is 0 Å². The van der Waals surface area contributed by atoms with Crippen LogP contribution in [0.2, 0.25) is 0 Å². The maximum absolute atomic E-state index is 12.8. The third-order valence-corrected chi connectivity index (χ3v) is 5.41. The van der Waals surface area contributed by atoms with E-state index in [0.29, 0.717) is 16.0 Å². The van der Waals surface area contributed by atoms with E-state index in [1.54, 1.807) is 18.4 Å². The number of benzene rings is 2. The Bertz CT molecular complexity index is 862. The second-order valence-corrected chi connectivity index (χ2v) is 7.37. The van der Waals surface area contributed by atoms with Crippen LogP contribution in [0.5, 0.6) is 0 Å². The first-order valence-electron chi connectivity index (χ1n) is 5.88. The highest BCUT2D eigenvalue weighted by atomic mass is 79.9. The number of para-hydroxylation sites is 2. The molecule has 0 aliphatic heterocycles. The average Bonchev–Trinajstić information content (AvgIpc) is 2.80. The van der Waals surface area contributed by atoms with Gasteiger partial charge in [0.05, 0.1) is 14.6 Å². The molecule has 1 unspecified atom stereocenters. The molecule has 3 aromatic rings. The standard InChI is InChI=1S/C14H11BrN2O2S/c1-20(18,13-9-5-2-6-10(13)15)17-14-16-11-7-3-4-8-12(11)19-14/h2-9H,1H3. The molecular weight excluding hydrogens is 340 g/mol. The second-order valence-electron chi connectivity index (χ2n) is 4.29. The van der Waals surface area contributed by atoms with E-state index in [1.165, 1.54) is 0 Å². The van der Waals surface area contributed by atoms with Gasteiger partial charge >= 0.3 is 6.01 Å². The molecule has 6 heteroatoms. The van der Waals surface area contributed by atoms with Gasteiger partial charge in [-0.05, 0) is 40.2 Å². The van der Waals surface area contributed by atoms with Crippen LogP contribution < -0.4 is 0 Å². The quantitative estimate of drug-likeness (QED) is 0.689. The van der Waals surface area contributed by atoms with Crippen molar-refractivity contribution < 1.29 is 8.63 Å². The van der Waals surface area contributed by atoms with Crippen LogP contribution in [-0.2, 0) is 9.73 Å². The molecule has 0 N–H and O–H groups in total. The van der Waals surface area contributed by atoms with E-state index in [9.17, 15) is 4.21 Å². The van der Waals surface area contributed by atoms with E-state index in [1.807, 2.05) is 36.4 Å². The molecule has 0 saturated heterocycles. The van der Waals surface area contributed by atoms with Crippen LogP contribution in [0.15, 0.2) is 66.7 Å². The molecule has 3 rings (SSSR count). The Morgan fingerprint density at radius 1 is 1.15 bits per heavy atom. The van der Waals surface area contributed by atoms with E-state index in [0.717, 1.165) is 4.47 Å². The van der Waals surface area contributed by atoms with Gasteiger partial charge in [0.2, 0.25) is 0 Å². The number of hydrogen-bond donors (Lipinski definition) is 0. The Balaban J connectivity index is 2.15. The van der Waals surface area contributed by atoms with E-state index >= 15 is 0 Å². The Hall–Kier alpha value is -1.66. The van der Waals surface area contributed by atoms with Gasteiger partial charge in [0.1, 0.15) is 5.52 Å². The zero-order valence-corrected chi connectivity index (χ0v) is 13.0. The SMILES string of the molecule is CS(=O)(=Nc1nc2ccccc2o1)c1ccccc1Br. The molecule has 0 aliphatic rings. The van der Waals surface area contributed by atoms with Gasteiger partial charge in [-0.3, -0.25) is 0 Å². The predicted octanol–water partition coefficient (Wildman–Crippen LogP) is 4.38. The minimum atomic E-state index is -2.62. The van der Waals surface area contributed by atoms with Gasteiger partial charge in [-0.25, -0.2) is 4.21 Å². The lowest BCUT2D eigenvalue weighted by molar-refractivity contribution is 0.612. The summed E-state index contributed by atoms with van der Waals surface area (Å²) in [5, 5.41) is 0. The number of fused-ring (bicyclic) bond motifs is 1. The molecule has 1 aromatic heterocycles. The van der Waals surface area contributed by atoms with Gasteiger partial charge < -0.3 is 4.42 Å². The summed E-state index contributed by atoms with van der Waals surface area (Å²) in [7, 11) is -2.62. The summed E-state index contributed by atoms with van der Waals surface area (Å²) in [5.41, 5.74) is 1.34. The Morgan fingerprint density at radius 2 is 1.85 bits per heavy atom. The molecule has 0 amide bonds. The van der Waals surface area contributed by atoms with Crippen LogP contribution in [0, 0.1) is 0 Å². The molecule has 0 fully saturated rings. The first-order chi connectivity index (χ1) is 9.56. The minimum Gasteiger partial charge on any atom is -0.422 e. The summed E-state index contributed by atoms with van der Waals surface area (Å²) < 4.78 is 23.2. The molecule has 102 valence electrons. The molecule has 0 saturated carbocycles. The van der Waals surface area contributed by atoms with Crippen LogP contribution in [-0.4, -0.2) is 15.4 Å². The lowest BCUT2D eigenvalue weighted by atomic mass is 10.3. The van der Waals surface area contributed by atoms with Crippen LogP contribution in [0.25, 0.3) is 11.1 Å². The fourth-order valence-corrected chi connectivity index (χ4v) is 4.27. The van der Waals surface area contributed by atoms with Crippen molar-refractivity contribution in [2.75, 3.05) is 6.26 Å². The second kappa shape index (κ2) is 5.03. The number of halogens is 1. The maximum Gasteiger partial charge on any atom is 0.331 e. The summed E-state index contributed by atoms with van der Waals surface area (Å²) in [6, 6.07) is 14.8. The zero-order valence-electron chi connectivity index (χ0n) is 10.6. The van der Waals surface area contributed by atoms with Gasteiger partial charge in [0.25, 0.3) is 0 Å². The van der Waals surface area contributed by atoms with Crippen LogP contribution in [0.4, 0.5) is 6.01 Å². The molecule has 0 aliphatic carbocycles. The van der Waals surface area contributed by atoms with Crippen molar-refractivity contribution >= 4 is 42.8 Å². The van der Waals surface area contributed by atoms with Crippen molar-refractivity contribution in [2.24, 2.45) is 4.36 Å². The predicted molar refractivity (Wildman–Crippen MR) is 82.6 cm³/mol. The molecule has 4 nitrogen and oxygen atoms in total. The molecule has 0 radical (unpaired) electrons. The molecule has 0 bridgehead atoms. The molecular formula is C14H11BrN2O2S. The molecule has 20 heavy (non-hydrogen) atoms. The lowest BCUT2D eigenvalue weighted by Crippen LogP contribution is -1.97. The number of hydrogen-bond acceptors (Lipinski definition) is 4. The summed E-state index contributed by atoms with van der Waals surface area (Å²) in [4.78, 5) is 4.85. The number of rotatable bonds is 2. The minimum absolute atomic E-state index is 0.134. The monoisotopic (exact) mass is 350 g/mol. The highest BCUT2D eigenvalue weighted by molar-refractivity contribution is 9.10. The van der Waals surface area contributed by atoms with Gasteiger partial charge in [0, 0.05) is 10.7 Å². The van der Waals surface area contributed by atoms with E-state index < -0.39 is 9.73 Å². The van der Waals surface area contributed by atoms with Crippen molar-refractivity contribution in [1.82, 2.24) is 4.98 Å². The van der Waals surface area contributed by atoms with Crippen molar-refractivity contribution in [3.05, 3.63) is 53.0 Å². The van der Waals surface area contributed by atoms with Crippen molar-refractivity contribution in [3.8, 4) is 0 Å². The van der Waals surface area contributed by atoms with Gasteiger partial charge in [-0.1, -0.05) is 24.3 Å². The highest BCUT2D eigenvalue weighted by Gasteiger charge is 2.12. The normalized spacial score (nSPS) is 14.1. The molecule has 1 heterocycles. The Labute approximate surface area is 125 Å².